The fourth-order valence-corrected chi connectivity index (χ4v) is 2.24. The van der Waals surface area contributed by atoms with Crippen LogP contribution in [0.15, 0.2) is 18.3 Å². The maximum Gasteiger partial charge on any atom is 0.311 e. The van der Waals surface area contributed by atoms with Crippen LogP contribution in [-0.4, -0.2) is 27.5 Å². The van der Waals surface area contributed by atoms with Gasteiger partial charge < -0.3 is 5.32 Å². The fourth-order valence-electron chi connectivity index (χ4n) is 1.52. The number of nitrogens with zero attached hydrogens (tertiary/aromatic N) is 2. The molecule has 0 aliphatic heterocycles. The van der Waals surface area contributed by atoms with Crippen molar-refractivity contribution in [1.82, 2.24) is 4.98 Å². The minimum Gasteiger partial charge on any atom is -0.363 e. The normalized spacial score (nSPS) is 16.8. The molecule has 1 aliphatic rings. The van der Waals surface area contributed by atoms with Gasteiger partial charge in [0.2, 0.25) is 5.82 Å². The Labute approximate surface area is 97.8 Å². The first-order chi connectivity index (χ1) is 7.67. The summed E-state index contributed by atoms with van der Waals surface area (Å²) >= 11 is 1.81. The molecule has 5 nitrogen and oxygen atoms in total. The summed E-state index contributed by atoms with van der Waals surface area (Å²) in [5.41, 5.74) is 0.0411. The van der Waals surface area contributed by atoms with E-state index in [1.165, 1.54) is 18.9 Å². The molecule has 1 fully saturated rings. The second-order valence-corrected chi connectivity index (χ2v) is 5.14. The van der Waals surface area contributed by atoms with Gasteiger partial charge in [0.1, 0.15) is 0 Å². The minimum absolute atomic E-state index is 0.0411. The molecule has 0 aromatic carbocycles. The van der Waals surface area contributed by atoms with Crippen molar-refractivity contribution in [3.05, 3.63) is 28.4 Å². The molecule has 0 bridgehead atoms. The summed E-state index contributed by atoms with van der Waals surface area (Å²) in [6.45, 7) is 0.742. The van der Waals surface area contributed by atoms with Gasteiger partial charge in [0.15, 0.2) is 0 Å². The van der Waals surface area contributed by atoms with Gasteiger partial charge in [0.25, 0.3) is 0 Å². The summed E-state index contributed by atoms with van der Waals surface area (Å²) in [5, 5.41) is 13.8. The summed E-state index contributed by atoms with van der Waals surface area (Å²) in [7, 11) is 0. The molecule has 1 aliphatic carbocycles. The SMILES string of the molecule is CSC1(CNc2ncccc2[N+](=O)[O-])CC1. The van der Waals surface area contributed by atoms with E-state index in [1.807, 2.05) is 11.8 Å². The molecule has 0 atom stereocenters. The topological polar surface area (TPSA) is 68.1 Å². The number of pyridine rings is 1. The molecule has 1 N–H and O–H groups in total. The molecule has 86 valence electrons. The standard InChI is InChI=1S/C10H13N3O2S/c1-16-10(4-5-10)7-12-9-8(13(14)15)3-2-6-11-9/h2-3,6H,4-5,7H2,1H3,(H,11,12). The van der Waals surface area contributed by atoms with Crippen molar-refractivity contribution in [1.29, 1.82) is 0 Å². The predicted molar refractivity (Wildman–Crippen MR) is 64.9 cm³/mol. The Morgan fingerprint density at radius 3 is 3.00 bits per heavy atom. The highest BCUT2D eigenvalue weighted by Crippen LogP contribution is 2.47. The van der Waals surface area contributed by atoms with E-state index in [1.54, 1.807) is 12.3 Å². The number of hydrogen-bond acceptors (Lipinski definition) is 5. The molecule has 1 aromatic heterocycles. The first kappa shape index (κ1) is 11.2. The molecule has 0 spiro atoms. The zero-order chi connectivity index (χ0) is 11.6. The van der Waals surface area contributed by atoms with Crippen molar-refractivity contribution in [3.63, 3.8) is 0 Å². The number of thioether (sulfide) groups is 1. The first-order valence-electron chi connectivity index (χ1n) is 5.05. The minimum atomic E-state index is -0.409. The third-order valence-electron chi connectivity index (χ3n) is 2.80. The summed E-state index contributed by atoms with van der Waals surface area (Å²) in [6, 6.07) is 3.04. The highest BCUT2D eigenvalue weighted by Gasteiger charge is 2.41. The smallest absolute Gasteiger partial charge is 0.311 e. The van der Waals surface area contributed by atoms with Crippen LogP contribution in [0.1, 0.15) is 12.8 Å². The average Bonchev–Trinajstić information content (AvgIpc) is 3.07. The molecular formula is C10H13N3O2S. The average molecular weight is 239 g/mol. The van der Waals surface area contributed by atoms with E-state index in [4.69, 9.17) is 0 Å². The van der Waals surface area contributed by atoms with Crippen LogP contribution >= 0.6 is 11.8 Å². The second-order valence-electron chi connectivity index (χ2n) is 3.87. The van der Waals surface area contributed by atoms with Crippen LogP contribution in [0.5, 0.6) is 0 Å². The van der Waals surface area contributed by atoms with Gasteiger partial charge in [-0.1, -0.05) is 0 Å². The maximum atomic E-state index is 10.8. The molecule has 2 rings (SSSR count). The van der Waals surface area contributed by atoms with Gasteiger partial charge in [0, 0.05) is 23.6 Å². The fraction of sp³-hybridized carbons (Fsp3) is 0.500. The second kappa shape index (κ2) is 4.29. The van der Waals surface area contributed by atoms with E-state index in [0.717, 1.165) is 6.54 Å². The van der Waals surface area contributed by atoms with Crippen LogP contribution < -0.4 is 5.32 Å². The Morgan fingerprint density at radius 2 is 2.44 bits per heavy atom. The Balaban J connectivity index is 2.06. The third-order valence-corrected chi connectivity index (χ3v) is 4.22. The van der Waals surface area contributed by atoms with Crippen molar-refractivity contribution >= 4 is 23.3 Å². The Kier molecular flexibility index (Phi) is 3.00. The van der Waals surface area contributed by atoms with Crippen molar-refractivity contribution in [2.45, 2.75) is 17.6 Å². The Hall–Kier alpha value is -1.30. The van der Waals surface area contributed by atoms with Gasteiger partial charge in [-0.2, -0.15) is 11.8 Å². The molecule has 0 radical (unpaired) electrons. The third kappa shape index (κ3) is 2.27. The summed E-state index contributed by atoms with van der Waals surface area (Å²) in [6.07, 6.45) is 5.97. The largest absolute Gasteiger partial charge is 0.363 e. The molecule has 0 unspecified atom stereocenters. The van der Waals surface area contributed by atoms with E-state index in [0.29, 0.717) is 5.82 Å². The van der Waals surface area contributed by atoms with Crippen molar-refractivity contribution < 1.29 is 4.92 Å². The van der Waals surface area contributed by atoms with Crippen LogP contribution in [0.2, 0.25) is 0 Å². The number of nitro groups is 1. The molecule has 1 aromatic rings. The van der Waals surface area contributed by atoms with Crippen LogP contribution in [-0.2, 0) is 0 Å². The van der Waals surface area contributed by atoms with E-state index >= 15 is 0 Å². The van der Waals surface area contributed by atoms with Crippen LogP contribution in [0.3, 0.4) is 0 Å². The van der Waals surface area contributed by atoms with Gasteiger partial charge in [0.05, 0.1) is 4.92 Å². The monoisotopic (exact) mass is 239 g/mol. The van der Waals surface area contributed by atoms with Crippen LogP contribution in [0.4, 0.5) is 11.5 Å². The zero-order valence-corrected chi connectivity index (χ0v) is 9.79. The molecular weight excluding hydrogens is 226 g/mol. The molecule has 0 amide bonds. The lowest BCUT2D eigenvalue weighted by Gasteiger charge is -2.13. The number of anilines is 1. The van der Waals surface area contributed by atoms with Crippen molar-refractivity contribution in [3.8, 4) is 0 Å². The molecule has 0 saturated heterocycles. The van der Waals surface area contributed by atoms with E-state index in [-0.39, 0.29) is 10.4 Å². The summed E-state index contributed by atoms with van der Waals surface area (Å²) in [4.78, 5) is 14.3. The van der Waals surface area contributed by atoms with Gasteiger partial charge in [-0.15, -0.1) is 0 Å². The van der Waals surface area contributed by atoms with E-state index < -0.39 is 4.92 Å². The van der Waals surface area contributed by atoms with Gasteiger partial charge in [-0.3, -0.25) is 10.1 Å². The predicted octanol–water partition coefficient (Wildman–Crippen LogP) is 2.30. The highest BCUT2D eigenvalue weighted by atomic mass is 32.2. The lowest BCUT2D eigenvalue weighted by atomic mass is 10.3. The molecule has 1 heterocycles. The van der Waals surface area contributed by atoms with E-state index in [2.05, 4.69) is 16.6 Å². The van der Waals surface area contributed by atoms with Crippen LogP contribution in [0.25, 0.3) is 0 Å². The lowest BCUT2D eigenvalue weighted by molar-refractivity contribution is -0.384. The highest BCUT2D eigenvalue weighted by molar-refractivity contribution is 8.00. The van der Waals surface area contributed by atoms with Gasteiger partial charge in [-0.25, -0.2) is 4.98 Å². The molecule has 16 heavy (non-hydrogen) atoms. The number of aromatic nitrogens is 1. The number of rotatable bonds is 5. The molecule has 1 saturated carbocycles. The number of hydrogen-bond donors (Lipinski definition) is 1. The maximum absolute atomic E-state index is 10.8. The van der Waals surface area contributed by atoms with Gasteiger partial charge in [-0.05, 0) is 25.2 Å². The Morgan fingerprint density at radius 1 is 1.69 bits per heavy atom. The van der Waals surface area contributed by atoms with Crippen molar-refractivity contribution in [2.75, 3.05) is 18.1 Å². The zero-order valence-electron chi connectivity index (χ0n) is 8.97. The lowest BCUT2D eigenvalue weighted by Crippen LogP contribution is -2.18. The van der Waals surface area contributed by atoms with Crippen molar-refractivity contribution in [2.24, 2.45) is 0 Å². The number of nitrogens with one attached hydrogen (secondary N) is 1. The van der Waals surface area contributed by atoms with Gasteiger partial charge >= 0.3 is 5.69 Å². The summed E-state index contributed by atoms with van der Waals surface area (Å²) < 4.78 is 0.269. The quantitative estimate of drug-likeness (QED) is 0.630. The van der Waals surface area contributed by atoms with Crippen LogP contribution in [0, 0.1) is 10.1 Å². The summed E-state index contributed by atoms with van der Waals surface area (Å²) in [5.74, 6) is 0.368. The van der Waals surface area contributed by atoms with E-state index in [9.17, 15) is 10.1 Å². The Bertz CT molecular complexity index is 407. The first-order valence-corrected chi connectivity index (χ1v) is 6.28. The molecule has 6 heteroatoms.